The molecule has 2 amide bonds. The maximum absolute atomic E-state index is 13.3. The summed E-state index contributed by atoms with van der Waals surface area (Å²) in [5.74, 6) is -0.0480. The van der Waals surface area contributed by atoms with Crippen LogP contribution in [-0.2, 0) is 21.0 Å². The van der Waals surface area contributed by atoms with Gasteiger partial charge in [0, 0.05) is 13.1 Å². The Morgan fingerprint density at radius 2 is 1.71 bits per heavy atom. The normalized spacial score (nSPS) is 15.8. The van der Waals surface area contributed by atoms with Gasteiger partial charge in [-0.2, -0.15) is 22.5 Å². The van der Waals surface area contributed by atoms with Crippen molar-refractivity contribution in [2.75, 3.05) is 26.2 Å². The highest BCUT2D eigenvalue weighted by atomic mass is 32.2. The fourth-order valence-corrected chi connectivity index (χ4v) is 5.10. The SMILES string of the molecule is NC(=O)N(CCOc1ccc(F)cc1)OC1CCN(S(=O)(=O)c2ccccc2C(F)(F)F)CC1. The highest BCUT2D eigenvalue weighted by Gasteiger charge is 2.40. The van der Waals surface area contributed by atoms with Crippen LogP contribution in [-0.4, -0.2) is 56.2 Å². The molecule has 8 nitrogen and oxygen atoms in total. The largest absolute Gasteiger partial charge is 0.492 e. The zero-order valence-electron chi connectivity index (χ0n) is 17.9. The number of rotatable bonds is 8. The second-order valence-electron chi connectivity index (χ2n) is 7.45. The lowest BCUT2D eigenvalue weighted by Crippen LogP contribution is -2.46. The lowest BCUT2D eigenvalue weighted by Gasteiger charge is -2.33. The summed E-state index contributed by atoms with van der Waals surface area (Å²) in [6.07, 6.45) is -5.13. The maximum atomic E-state index is 13.3. The molecule has 13 heteroatoms. The van der Waals surface area contributed by atoms with Gasteiger partial charge in [0.25, 0.3) is 0 Å². The Hall–Kier alpha value is -2.90. The number of primary amides is 1. The lowest BCUT2D eigenvalue weighted by molar-refractivity contribution is -0.170. The molecule has 0 unspecified atom stereocenters. The van der Waals surface area contributed by atoms with E-state index in [2.05, 4.69) is 0 Å². The third-order valence-electron chi connectivity index (χ3n) is 5.11. The van der Waals surface area contributed by atoms with Crippen LogP contribution in [0.15, 0.2) is 53.4 Å². The minimum Gasteiger partial charge on any atom is -0.492 e. The molecule has 3 rings (SSSR count). The molecule has 1 fully saturated rings. The number of hydrogen-bond donors (Lipinski definition) is 1. The minimum absolute atomic E-state index is 0.00395. The Labute approximate surface area is 193 Å². The van der Waals surface area contributed by atoms with Gasteiger partial charge in [-0.1, -0.05) is 12.1 Å². The van der Waals surface area contributed by atoms with Gasteiger partial charge >= 0.3 is 12.2 Å². The van der Waals surface area contributed by atoms with Crippen LogP contribution in [0.1, 0.15) is 18.4 Å². The molecular formula is C21H23F4N3O5S. The fourth-order valence-electron chi connectivity index (χ4n) is 3.41. The van der Waals surface area contributed by atoms with E-state index in [1.807, 2.05) is 0 Å². The van der Waals surface area contributed by atoms with Crippen LogP contribution < -0.4 is 10.5 Å². The van der Waals surface area contributed by atoms with Crippen molar-refractivity contribution in [3.8, 4) is 5.75 Å². The average Bonchev–Trinajstić information content (AvgIpc) is 2.79. The van der Waals surface area contributed by atoms with E-state index in [0.717, 1.165) is 27.6 Å². The van der Waals surface area contributed by atoms with Crippen LogP contribution in [0.5, 0.6) is 5.75 Å². The molecular weight excluding hydrogens is 482 g/mol. The summed E-state index contributed by atoms with van der Waals surface area (Å²) in [6, 6.07) is 8.38. The molecule has 2 aromatic carbocycles. The van der Waals surface area contributed by atoms with Crippen LogP contribution in [0.2, 0.25) is 0 Å². The van der Waals surface area contributed by atoms with Crippen molar-refractivity contribution in [2.24, 2.45) is 5.73 Å². The number of carbonyl (C=O) groups is 1. The third kappa shape index (κ3) is 6.36. The van der Waals surface area contributed by atoms with Gasteiger partial charge in [-0.05, 0) is 49.2 Å². The molecule has 1 aliphatic rings. The number of carbonyl (C=O) groups excluding carboxylic acids is 1. The summed E-state index contributed by atoms with van der Waals surface area (Å²) >= 11 is 0. The van der Waals surface area contributed by atoms with E-state index in [0.29, 0.717) is 5.75 Å². The summed E-state index contributed by atoms with van der Waals surface area (Å²) < 4.78 is 84.8. The zero-order valence-corrected chi connectivity index (χ0v) is 18.7. The predicted octanol–water partition coefficient (Wildman–Crippen LogP) is 3.39. The van der Waals surface area contributed by atoms with E-state index in [4.69, 9.17) is 15.3 Å². The van der Waals surface area contributed by atoms with E-state index in [1.54, 1.807) is 0 Å². The topological polar surface area (TPSA) is 102 Å². The van der Waals surface area contributed by atoms with Crippen LogP contribution in [0.3, 0.4) is 0 Å². The van der Waals surface area contributed by atoms with Gasteiger partial charge in [-0.25, -0.2) is 17.6 Å². The Kier molecular flexibility index (Phi) is 8.00. The number of hydrogen-bond acceptors (Lipinski definition) is 5. The van der Waals surface area contributed by atoms with Crippen molar-refractivity contribution in [1.82, 2.24) is 9.37 Å². The summed E-state index contributed by atoms with van der Waals surface area (Å²) in [4.78, 5) is 16.5. The van der Waals surface area contributed by atoms with Crippen molar-refractivity contribution in [3.63, 3.8) is 0 Å². The van der Waals surface area contributed by atoms with Crippen LogP contribution in [0.25, 0.3) is 0 Å². The van der Waals surface area contributed by atoms with E-state index in [-0.39, 0.29) is 39.1 Å². The molecule has 0 radical (unpaired) electrons. The summed E-state index contributed by atoms with van der Waals surface area (Å²) in [5.41, 5.74) is 4.10. The number of urea groups is 1. The van der Waals surface area contributed by atoms with Gasteiger partial charge in [-0.15, -0.1) is 0 Å². The Morgan fingerprint density at radius 3 is 2.29 bits per heavy atom. The van der Waals surface area contributed by atoms with Crippen molar-refractivity contribution >= 4 is 16.1 Å². The quantitative estimate of drug-likeness (QED) is 0.438. The van der Waals surface area contributed by atoms with E-state index in [9.17, 15) is 30.8 Å². The average molecular weight is 505 g/mol. The molecule has 34 heavy (non-hydrogen) atoms. The van der Waals surface area contributed by atoms with Crippen LogP contribution in [0, 0.1) is 5.82 Å². The van der Waals surface area contributed by atoms with E-state index < -0.39 is 44.6 Å². The predicted molar refractivity (Wildman–Crippen MR) is 112 cm³/mol. The van der Waals surface area contributed by atoms with Crippen LogP contribution in [0.4, 0.5) is 22.4 Å². The fraction of sp³-hybridized carbons (Fsp3) is 0.381. The number of hydroxylamine groups is 2. The molecule has 1 saturated heterocycles. The van der Waals surface area contributed by atoms with Crippen molar-refractivity contribution in [3.05, 3.63) is 59.9 Å². The van der Waals surface area contributed by atoms with Gasteiger partial charge in [0.05, 0.1) is 23.1 Å². The first-order valence-corrected chi connectivity index (χ1v) is 11.7. The third-order valence-corrected chi connectivity index (χ3v) is 7.07. The molecule has 0 aliphatic carbocycles. The molecule has 0 atom stereocenters. The zero-order chi connectivity index (χ0) is 24.9. The molecule has 0 saturated carbocycles. The second-order valence-corrected chi connectivity index (χ2v) is 9.35. The number of ether oxygens (including phenoxy) is 1. The summed E-state index contributed by atoms with van der Waals surface area (Å²) in [6.45, 7) is -0.254. The monoisotopic (exact) mass is 505 g/mol. The van der Waals surface area contributed by atoms with Gasteiger partial charge in [0.15, 0.2) is 0 Å². The minimum atomic E-state index is -4.82. The molecule has 0 aromatic heterocycles. The maximum Gasteiger partial charge on any atom is 0.417 e. The smallest absolute Gasteiger partial charge is 0.417 e. The van der Waals surface area contributed by atoms with Gasteiger partial charge in [0.2, 0.25) is 10.0 Å². The van der Waals surface area contributed by atoms with Gasteiger partial charge in [0.1, 0.15) is 18.2 Å². The lowest BCUT2D eigenvalue weighted by atomic mass is 10.1. The molecule has 0 bridgehead atoms. The number of piperidine rings is 1. The van der Waals surface area contributed by atoms with Crippen molar-refractivity contribution in [2.45, 2.75) is 30.0 Å². The number of sulfonamides is 1. The number of benzene rings is 2. The second kappa shape index (κ2) is 10.6. The molecule has 1 heterocycles. The first-order chi connectivity index (χ1) is 16.0. The summed E-state index contributed by atoms with van der Waals surface area (Å²) in [5, 5.41) is 0.872. The number of halogens is 4. The van der Waals surface area contributed by atoms with Crippen molar-refractivity contribution in [1.29, 1.82) is 0 Å². The highest BCUT2D eigenvalue weighted by molar-refractivity contribution is 7.89. The molecule has 2 N–H and O–H groups in total. The number of amides is 2. The number of nitrogens with zero attached hydrogens (tertiary/aromatic N) is 2. The van der Waals surface area contributed by atoms with Crippen LogP contribution >= 0.6 is 0 Å². The molecule has 1 aliphatic heterocycles. The van der Waals surface area contributed by atoms with E-state index in [1.165, 1.54) is 30.3 Å². The van der Waals surface area contributed by atoms with Gasteiger partial charge in [-0.3, -0.25) is 4.84 Å². The first kappa shape index (κ1) is 25.7. The molecule has 0 spiro atoms. The number of nitrogens with two attached hydrogens (primary N) is 1. The Balaban J connectivity index is 1.57. The van der Waals surface area contributed by atoms with Crippen molar-refractivity contribution < 1.29 is 40.3 Å². The van der Waals surface area contributed by atoms with Gasteiger partial charge < -0.3 is 10.5 Å². The highest BCUT2D eigenvalue weighted by Crippen LogP contribution is 2.35. The number of alkyl halides is 3. The Bertz CT molecular complexity index is 1090. The molecule has 2 aromatic rings. The molecule has 186 valence electrons. The summed E-state index contributed by atoms with van der Waals surface area (Å²) in [7, 11) is -4.39. The Morgan fingerprint density at radius 1 is 1.09 bits per heavy atom. The van der Waals surface area contributed by atoms with E-state index >= 15 is 0 Å². The first-order valence-electron chi connectivity index (χ1n) is 10.3. The standard InChI is InChI=1S/C21H23F4N3O5S/c22-15-5-7-16(8-6-15)32-14-13-28(20(26)29)33-17-9-11-27(12-10-17)34(30,31)19-4-2-1-3-18(19)21(23,24)25/h1-8,17H,9-14H2,(H2,26,29).